The van der Waals surface area contributed by atoms with Gasteiger partial charge in [0.05, 0.1) is 22.8 Å². The van der Waals surface area contributed by atoms with Crippen molar-refractivity contribution in [2.45, 2.75) is 20.3 Å². The highest BCUT2D eigenvalue weighted by atomic mass is 35.5. The second kappa shape index (κ2) is 5.63. The van der Waals surface area contributed by atoms with E-state index in [1.54, 1.807) is 32.0 Å². The second-order valence-electron chi connectivity index (χ2n) is 4.15. The van der Waals surface area contributed by atoms with Crippen molar-refractivity contribution in [1.82, 2.24) is 5.16 Å². The van der Waals surface area contributed by atoms with E-state index in [1.807, 2.05) is 0 Å². The summed E-state index contributed by atoms with van der Waals surface area (Å²) in [4.78, 5) is 12.0. The first-order valence-corrected chi connectivity index (χ1v) is 6.39. The maximum atomic E-state index is 12.0. The van der Waals surface area contributed by atoms with Crippen LogP contribution in [0.2, 0.25) is 10.0 Å². The average Bonchev–Trinajstić information content (AvgIpc) is 2.65. The van der Waals surface area contributed by atoms with Crippen LogP contribution in [0.15, 0.2) is 22.7 Å². The summed E-state index contributed by atoms with van der Waals surface area (Å²) < 4.78 is 5.01. The maximum Gasteiger partial charge on any atom is 0.229 e. The molecule has 0 aliphatic carbocycles. The summed E-state index contributed by atoms with van der Waals surface area (Å²) in [6.45, 7) is 3.57. The first-order valence-electron chi connectivity index (χ1n) is 5.64. The third kappa shape index (κ3) is 3.28. The number of hydrogen-bond acceptors (Lipinski definition) is 3. The number of anilines is 1. The van der Waals surface area contributed by atoms with Crippen LogP contribution in [0.1, 0.15) is 17.0 Å². The normalized spacial score (nSPS) is 10.5. The van der Waals surface area contributed by atoms with Gasteiger partial charge in [0.1, 0.15) is 5.76 Å². The summed E-state index contributed by atoms with van der Waals surface area (Å²) in [5, 5.41) is 7.48. The Kier molecular flexibility index (Phi) is 4.12. The van der Waals surface area contributed by atoms with Crippen molar-refractivity contribution < 1.29 is 9.32 Å². The minimum Gasteiger partial charge on any atom is -0.361 e. The summed E-state index contributed by atoms with van der Waals surface area (Å²) >= 11 is 11.8. The minimum absolute atomic E-state index is 0.185. The predicted molar refractivity (Wildman–Crippen MR) is 74.8 cm³/mol. The van der Waals surface area contributed by atoms with Gasteiger partial charge < -0.3 is 9.84 Å². The van der Waals surface area contributed by atoms with Crippen molar-refractivity contribution in [3.63, 3.8) is 0 Å². The Bertz CT molecular complexity index is 604. The number of amides is 1. The number of benzene rings is 1. The van der Waals surface area contributed by atoms with Gasteiger partial charge in [-0.25, -0.2) is 0 Å². The lowest BCUT2D eigenvalue weighted by molar-refractivity contribution is -0.115. The molecule has 0 spiro atoms. The van der Waals surface area contributed by atoms with E-state index in [1.165, 1.54) is 0 Å². The summed E-state index contributed by atoms with van der Waals surface area (Å²) in [6.07, 6.45) is 0.185. The number of rotatable bonds is 3. The van der Waals surface area contributed by atoms with Crippen LogP contribution in [-0.2, 0) is 11.2 Å². The molecule has 0 fully saturated rings. The molecule has 0 radical (unpaired) electrons. The lowest BCUT2D eigenvalue weighted by Crippen LogP contribution is -2.15. The van der Waals surface area contributed by atoms with Gasteiger partial charge in [-0.15, -0.1) is 0 Å². The van der Waals surface area contributed by atoms with Crippen LogP contribution in [0.5, 0.6) is 0 Å². The molecule has 1 aromatic carbocycles. The average molecular weight is 299 g/mol. The minimum atomic E-state index is -0.196. The summed E-state index contributed by atoms with van der Waals surface area (Å²) in [5.74, 6) is 0.448. The maximum absolute atomic E-state index is 12.0. The monoisotopic (exact) mass is 298 g/mol. The van der Waals surface area contributed by atoms with Gasteiger partial charge in [0.15, 0.2) is 0 Å². The molecular formula is C13H12Cl2N2O2. The lowest BCUT2D eigenvalue weighted by atomic mass is 10.1. The Labute approximate surface area is 120 Å². The molecule has 100 valence electrons. The number of nitrogens with zero attached hydrogens (tertiary/aromatic N) is 1. The molecule has 1 amide bonds. The Morgan fingerprint density at radius 1 is 1.37 bits per heavy atom. The van der Waals surface area contributed by atoms with Crippen LogP contribution >= 0.6 is 23.2 Å². The lowest BCUT2D eigenvalue weighted by Gasteiger charge is -2.07. The zero-order valence-electron chi connectivity index (χ0n) is 10.5. The highest BCUT2D eigenvalue weighted by Gasteiger charge is 2.14. The smallest absolute Gasteiger partial charge is 0.229 e. The van der Waals surface area contributed by atoms with Crippen molar-refractivity contribution in [2.75, 3.05) is 5.32 Å². The van der Waals surface area contributed by atoms with E-state index in [4.69, 9.17) is 27.7 Å². The van der Waals surface area contributed by atoms with Gasteiger partial charge in [0, 0.05) is 10.6 Å². The van der Waals surface area contributed by atoms with Crippen molar-refractivity contribution in [2.24, 2.45) is 0 Å². The van der Waals surface area contributed by atoms with Crippen molar-refractivity contribution in [3.05, 3.63) is 45.3 Å². The molecule has 0 bridgehead atoms. The van der Waals surface area contributed by atoms with Gasteiger partial charge in [0.25, 0.3) is 0 Å². The molecular weight excluding hydrogens is 287 g/mol. The van der Waals surface area contributed by atoms with Crippen LogP contribution in [-0.4, -0.2) is 11.1 Å². The summed E-state index contributed by atoms with van der Waals surface area (Å²) in [6, 6.07) is 4.90. The highest BCUT2D eigenvalue weighted by Crippen LogP contribution is 2.25. The molecule has 0 unspecified atom stereocenters. The standard InChI is InChI=1S/C13H12Cl2N2O2/c1-7-10(8(2)19-17-7)6-13(18)16-12-5-9(14)3-4-11(12)15/h3-5H,6H2,1-2H3,(H,16,18). The Balaban J connectivity index is 2.12. The van der Waals surface area contributed by atoms with E-state index in [9.17, 15) is 4.79 Å². The van der Waals surface area contributed by atoms with E-state index < -0.39 is 0 Å². The van der Waals surface area contributed by atoms with Gasteiger partial charge in [-0.05, 0) is 32.0 Å². The highest BCUT2D eigenvalue weighted by molar-refractivity contribution is 6.35. The van der Waals surface area contributed by atoms with Crippen LogP contribution < -0.4 is 5.32 Å². The number of carbonyl (C=O) groups is 1. The first-order chi connectivity index (χ1) is 8.97. The predicted octanol–water partition coefficient (Wildman–Crippen LogP) is 3.78. The van der Waals surface area contributed by atoms with E-state index >= 15 is 0 Å². The number of aromatic nitrogens is 1. The van der Waals surface area contributed by atoms with Gasteiger partial charge in [-0.2, -0.15) is 0 Å². The Morgan fingerprint density at radius 2 is 2.11 bits per heavy atom. The number of hydrogen-bond donors (Lipinski definition) is 1. The van der Waals surface area contributed by atoms with Crippen molar-refractivity contribution in [3.8, 4) is 0 Å². The molecule has 0 atom stereocenters. The molecule has 0 aliphatic heterocycles. The summed E-state index contributed by atoms with van der Waals surface area (Å²) in [7, 11) is 0. The molecule has 0 aliphatic rings. The number of aryl methyl sites for hydroxylation is 2. The topological polar surface area (TPSA) is 55.1 Å². The van der Waals surface area contributed by atoms with Crippen molar-refractivity contribution in [1.29, 1.82) is 0 Å². The third-order valence-electron chi connectivity index (χ3n) is 2.72. The van der Waals surface area contributed by atoms with Gasteiger partial charge in [0.2, 0.25) is 5.91 Å². The first kappa shape index (κ1) is 13.9. The molecule has 2 aromatic rings. The van der Waals surface area contributed by atoms with Gasteiger partial charge >= 0.3 is 0 Å². The van der Waals surface area contributed by atoms with Crippen LogP contribution in [0.3, 0.4) is 0 Å². The van der Waals surface area contributed by atoms with Crippen LogP contribution in [0, 0.1) is 13.8 Å². The Morgan fingerprint density at radius 3 is 2.74 bits per heavy atom. The molecule has 6 heteroatoms. The fourth-order valence-electron chi connectivity index (χ4n) is 1.70. The van der Waals surface area contributed by atoms with Gasteiger partial charge in [-0.1, -0.05) is 28.4 Å². The number of halogens is 2. The zero-order valence-corrected chi connectivity index (χ0v) is 12.0. The Hall–Kier alpha value is -1.52. The molecule has 1 aromatic heterocycles. The molecule has 1 heterocycles. The fraction of sp³-hybridized carbons (Fsp3) is 0.231. The van der Waals surface area contributed by atoms with Crippen molar-refractivity contribution >= 4 is 34.8 Å². The fourth-order valence-corrected chi connectivity index (χ4v) is 2.04. The van der Waals surface area contributed by atoms with E-state index in [0.717, 1.165) is 5.56 Å². The second-order valence-corrected chi connectivity index (χ2v) is 5.00. The number of nitrogens with one attached hydrogen (secondary N) is 1. The van der Waals surface area contributed by atoms with E-state index in [0.29, 0.717) is 27.2 Å². The molecule has 1 N–H and O–H groups in total. The quantitative estimate of drug-likeness (QED) is 0.938. The summed E-state index contributed by atoms with van der Waals surface area (Å²) in [5.41, 5.74) is 1.99. The SMILES string of the molecule is Cc1noc(C)c1CC(=O)Nc1cc(Cl)ccc1Cl. The number of carbonyl (C=O) groups excluding carboxylic acids is 1. The van der Waals surface area contributed by atoms with Gasteiger partial charge in [-0.3, -0.25) is 4.79 Å². The van der Waals surface area contributed by atoms with E-state index in [2.05, 4.69) is 10.5 Å². The molecule has 0 saturated carbocycles. The van der Waals surface area contributed by atoms with Crippen LogP contribution in [0.25, 0.3) is 0 Å². The zero-order chi connectivity index (χ0) is 14.0. The van der Waals surface area contributed by atoms with E-state index in [-0.39, 0.29) is 12.3 Å². The molecule has 2 rings (SSSR count). The van der Waals surface area contributed by atoms with Crippen LogP contribution in [0.4, 0.5) is 5.69 Å². The third-order valence-corrected chi connectivity index (χ3v) is 3.29. The largest absolute Gasteiger partial charge is 0.361 e. The molecule has 0 saturated heterocycles. The molecule has 19 heavy (non-hydrogen) atoms. The molecule has 4 nitrogen and oxygen atoms in total.